The predicted octanol–water partition coefficient (Wildman–Crippen LogP) is 1.51. The van der Waals surface area contributed by atoms with Crippen LogP contribution in [0.15, 0.2) is 33.5 Å². The summed E-state index contributed by atoms with van der Waals surface area (Å²) in [6.45, 7) is 4.67. The van der Waals surface area contributed by atoms with Gasteiger partial charge in [0.05, 0.1) is 0 Å². The van der Waals surface area contributed by atoms with Gasteiger partial charge in [-0.25, -0.2) is 9.18 Å². The highest BCUT2D eigenvalue weighted by molar-refractivity contribution is 5.75. The molecule has 1 aromatic heterocycles. The SMILES string of the molecule is CCN(CC)C(=O)Cn1nc(-c2ccc(F)cc2)oc1=O. The quantitative estimate of drug-likeness (QED) is 0.838. The van der Waals surface area contributed by atoms with Gasteiger partial charge in [0.1, 0.15) is 12.4 Å². The van der Waals surface area contributed by atoms with Gasteiger partial charge >= 0.3 is 5.76 Å². The normalized spacial score (nSPS) is 10.6. The lowest BCUT2D eigenvalue weighted by Crippen LogP contribution is -2.35. The second-order valence-electron chi connectivity index (χ2n) is 4.40. The van der Waals surface area contributed by atoms with Crippen molar-refractivity contribution in [3.63, 3.8) is 0 Å². The maximum Gasteiger partial charge on any atom is 0.437 e. The fraction of sp³-hybridized carbons (Fsp3) is 0.357. The van der Waals surface area contributed by atoms with Gasteiger partial charge in [0.25, 0.3) is 0 Å². The Morgan fingerprint density at radius 2 is 1.90 bits per heavy atom. The molecular weight excluding hydrogens is 277 g/mol. The lowest BCUT2D eigenvalue weighted by molar-refractivity contribution is -0.131. The second kappa shape index (κ2) is 6.34. The van der Waals surface area contributed by atoms with Crippen molar-refractivity contribution in [3.8, 4) is 11.5 Å². The van der Waals surface area contributed by atoms with Crippen molar-refractivity contribution >= 4 is 5.91 Å². The van der Waals surface area contributed by atoms with Crippen molar-refractivity contribution in [3.05, 3.63) is 40.6 Å². The monoisotopic (exact) mass is 293 g/mol. The molecule has 0 fully saturated rings. The van der Waals surface area contributed by atoms with Crippen LogP contribution >= 0.6 is 0 Å². The number of hydrogen-bond acceptors (Lipinski definition) is 4. The van der Waals surface area contributed by atoms with Crippen LogP contribution in [0.4, 0.5) is 4.39 Å². The molecule has 0 aliphatic heterocycles. The van der Waals surface area contributed by atoms with Gasteiger partial charge in [0.15, 0.2) is 0 Å². The van der Waals surface area contributed by atoms with E-state index in [0.717, 1.165) is 4.68 Å². The number of halogens is 1. The molecule has 112 valence electrons. The molecule has 6 nitrogen and oxygen atoms in total. The van der Waals surface area contributed by atoms with E-state index in [1.54, 1.807) is 4.90 Å². The van der Waals surface area contributed by atoms with Crippen LogP contribution in [-0.2, 0) is 11.3 Å². The van der Waals surface area contributed by atoms with Crippen LogP contribution in [0.1, 0.15) is 13.8 Å². The van der Waals surface area contributed by atoms with E-state index in [9.17, 15) is 14.0 Å². The Hall–Kier alpha value is -2.44. The number of likely N-dealkylation sites (N-methyl/N-ethyl adjacent to an activating group) is 1. The van der Waals surface area contributed by atoms with Crippen LogP contribution in [0.25, 0.3) is 11.5 Å². The summed E-state index contributed by atoms with van der Waals surface area (Å²) >= 11 is 0. The third kappa shape index (κ3) is 3.36. The van der Waals surface area contributed by atoms with Gasteiger partial charge in [-0.05, 0) is 38.1 Å². The van der Waals surface area contributed by atoms with Crippen LogP contribution in [0.3, 0.4) is 0 Å². The van der Waals surface area contributed by atoms with Crippen molar-refractivity contribution in [2.75, 3.05) is 13.1 Å². The largest absolute Gasteiger partial charge is 0.437 e. The van der Waals surface area contributed by atoms with E-state index in [1.807, 2.05) is 13.8 Å². The zero-order valence-corrected chi connectivity index (χ0v) is 11.9. The Morgan fingerprint density at radius 1 is 1.29 bits per heavy atom. The van der Waals surface area contributed by atoms with E-state index in [2.05, 4.69) is 5.10 Å². The molecule has 0 unspecified atom stereocenters. The first kappa shape index (κ1) is 15.0. The van der Waals surface area contributed by atoms with Gasteiger partial charge in [-0.2, -0.15) is 4.68 Å². The van der Waals surface area contributed by atoms with Crippen molar-refractivity contribution in [2.24, 2.45) is 0 Å². The molecule has 0 aliphatic carbocycles. The molecule has 1 aromatic carbocycles. The average Bonchev–Trinajstić information content (AvgIpc) is 2.82. The van der Waals surface area contributed by atoms with E-state index in [4.69, 9.17) is 4.42 Å². The number of hydrogen-bond donors (Lipinski definition) is 0. The lowest BCUT2D eigenvalue weighted by atomic mass is 10.2. The number of nitrogens with zero attached hydrogens (tertiary/aromatic N) is 3. The molecule has 0 saturated heterocycles. The molecule has 1 heterocycles. The smallest absolute Gasteiger partial charge is 0.388 e. The number of carbonyl (C=O) groups is 1. The molecule has 0 saturated carbocycles. The van der Waals surface area contributed by atoms with E-state index < -0.39 is 11.6 Å². The Balaban J connectivity index is 2.22. The standard InChI is InChI=1S/C14H16FN3O3/c1-3-17(4-2)12(19)9-18-14(20)21-13(16-18)10-5-7-11(15)8-6-10/h5-8H,3-4,9H2,1-2H3. The van der Waals surface area contributed by atoms with Crippen molar-refractivity contribution in [1.82, 2.24) is 14.7 Å². The van der Waals surface area contributed by atoms with Gasteiger partial charge in [0.2, 0.25) is 11.8 Å². The van der Waals surface area contributed by atoms with Crippen molar-refractivity contribution in [2.45, 2.75) is 20.4 Å². The minimum absolute atomic E-state index is 0.0624. The van der Waals surface area contributed by atoms with Gasteiger partial charge in [-0.1, -0.05) is 0 Å². The van der Waals surface area contributed by atoms with E-state index >= 15 is 0 Å². The zero-order chi connectivity index (χ0) is 15.4. The van der Waals surface area contributed by atoms with Crippen molar-refractivity contribution in [1.29, 1.82) is 0 Å². The topological polar surface area (TPSA) is 68.3 Å². The first-order valence-electron chi connectivity index (χ1n) is 6.66. The highest BCUT2D eigenvalue weighted by Gasteiger charge is 2.16. The van der Waals surface area contributed by atoms with Crippen LogP contribution in [0.5, 0.6) is 0 Å². The van der Waals surface area contributed by atoms with Gasteiger partial charge in [-0.3, -0.25) is 4.79 Å². The third-order valence-electron chi connectivity index (χ3n) is 3.10. The molecule has 2 aromatic rings. The maximum atomic E-state index is 12.9. The van der Waals surface area contributed by atoms with Gasteiger partial charge < -0.3 is 9.32 Å². The molecule has 0 spiro atoms. The number of benzene rings is 1. The van der Waals surface area contributed by atoms with Crippen LogP contribution in [-0.4, -0.2) is 33.7 Å². The second-order valence-corrected chi connectivity index (χ2v) is 4.40. The molecule has 2 rings (SSSR count). The summed E-state index contributed by atoms with van der Waals surface area (Å²) in [7, 11) is 0. The Morgan fingerprint density at radius 3 is 2.48 bits per heavy atom. The average molecular weight is 293 g/mol. The Bertz CT molecular complexity index is 672. The molecule has 0 radical (unpaired) electrons. The number of aromatic nitrogens is 2. The first-order chi connectivity index (χ1) is 10.0. The molecular formula is C14H16FN3O3. The minimum atomic E-state index is -0.713. The molecule has 0 atom stereocenters. The Kier molecular flexibility index (Phi) is 4.52. The zero-order valence-electron chi connectivity index (χ0n) is 11.9. The first-order valence-corrected chi connectivity index (χ1v) is 6.66. The molecule has 21 heavy (non-hydrogen) atoms. The molecule has 0 bridgehead atoms. The van der Waals surface area contributed by atoms with Crippen molar-refractivity contribution < 1.29 is 13.6 Å². The summed E-state index contributed by atoms with van der Waals surface area (Å²) in [4.78, 5) is 25.3. The fourth-order valence-corrected chi connectivity index (χ4v) is 1.92. The fourth-order valence-electron chi connectivity index (χ4n) is 1.92. The molecule has 7 heteroatoms. The van der Waals surface area contributed by atoms with E-state index in [0.29, 0.717) is 18.7 Å². The summed E-state index contributed by atoms with van der Waals surface area (Å²) in [5.41, 5.74) is 0.475. The number of amides is 1. The highest BCUT2D eigenvalue weighted by atomic mass is 19.1. The summed E-state index contributed by atoms with van der Waals surface area (Å²) in [5.74, 6) is -1.25. The van der Waals surface area contributed by atoms with Crippen LogP contribution in [0, 0.1) is 5.82 Å². The predicted molar refractivity (Wildman–Crippen MR) is 74.1 cm³/mol. The molecule has 0 aliphatic rings. The van der Waals surface area contributed by atoms with Crippen LogP contribution < -0.4 is 5.76 Å². The third-order valence-corrected chi connectivity index (χ3v) is 3.10. The summed E-state index contributed by atoms with van der Waals surface area (Å²) in [5, 5.41) is 3.97. The number of rotatable bonds is 5. The molecule has 0 N–H and O–H groups in total. The van der Waals surface area contributed by atoms with Gasteiger partial charge in [-0.15, -0.1) is 5.10 Å². The molecule has 1 amide bonds. The lowest BCUT2D eigenvalue weighted by Gasteiger charge is -2.17. The maximum absolute atomic E-state index is 12.9. The van der Waals surface area contributed by atoms with Crippen LogP contribution in [0.2, 0.25) is 0 Å². The highest BCUT2D eigenvalue weighted by Crippen LogP contribution is 2.15. The summed E-state index contributed by atoms with van der Waals surface area (Å²) < 4.78 is 18.8. The minimum Gasteiger partial charge on any atom is -0.388 e. The van der Waals surface area contributed by atoms with Gasteiger partial charge in [0, 0.05) is 18.7 Å². The summed E-state index contributed by atoms with van der Waals surface area (Å²) in [6.07, 6.45) is 0. The Labute approximate surface area is 120 Å². The summed E-state index contributed by atoms with van der Waals surface area (Å²) in [6, 6.07) is 5.40. The number of carbonyl (C=O) groups excluding carboxylic acids is 1. The van der Waals surface area contributed by atoms with E-state index in [-0.39, 0.29) is 18.3 Å². The van der Waals surface area contributed by atoms with E-state index in [1.165, 1.54) is 24.3 Å².